The molecule has 0 saturated heterocycles. The van der Waals surface area contributed by atoms with E-state index in [1.165, 1.54) is 0 Å². The van der Waals surface area contributed by atoms with Crippen molar-refractivity contribution < 1.29 is 18.0 Å². The van der Waals surface area contributed by atoms with E-state index in [0.717, 1.165) is 48.7 Å². The van der Waals surface area contributed by atoms with Crippen LogP contribution in [0.25, 0.3) is 0 Å². The molecule has 0 heterocycles. The number of oxime groups is 1. The Kier molecular flexibility index (Phi) is 7.63. The molecule has 0 aliphatic heterocycles. The summed E-state index contributed by atoms with van der Waals surface area (Å²) < 4.78 is 36.7. The quantitative estimate of drug-likeness (QED) is 0.610. The normalized spacial score (nSPS) is 19.1. The van der Waals surface area contributed by atoms with Gasteiger partial charge in [0.1, 0.15) is 6.61 Å². The maximum absolute atomic E-state index is 12.2. The van der Waals surface area contributed by atoms with Crippen molar-refractivity contribution in [2.24, 2.45) is 11.1 Å². The van der Waals surface area contributed by atoms with Gasteiger partial charge in [-0.05, 0) is 37.2 Å². The monoisotopic (exact) mass is 370 g/mol. The van der Waals surface area contributed by atoms with Crippen molar-refractivity contribution in [1.29, 1.82) is 5.26 Å². The molecule has 0 amide bonds. The van der Waals surface area contributed by atoms with E-state index in [-0.39, 0.29) is 16.9 Å². The summed E-state index contributed by atoms with van der Waals surface area (Å²) in [6.45, 7) is 0.419. The van der Waals surface area contributed by atoms with Crippen molar-refractivity contribution in [3.63, 3.8) is 0 Å². The molecule has 1 saturated carbocycles. The van der Waals surface area contributed by atoms with Crippen LogP contribution in [0.3, 0.4) is 0 Å². The van der Waals surface area contributed by atoms with Gasteiger partial charge < -0.3 is 4.84 Å². The van der Waals surface area contributed by atoms with Crippen LogP contribution in [0.5, 0.6) is 0 Å². The molecule has 1 aliphatic rings. The topological polar surface area (TPSA) is 45.4 Å². The van der Waals surface area contributed by atoms with E-state index in [0.29, 0.717) is 6.61 Å². The van der Waals surface area contributed by atoms with Gasteiger partial charge in [0.15, 0.2) is 0 Å². The molecule has 3 nitrogen and oxygen atoms in total. The Labute approximate surface area is 150 Å². The zero-order chi connectivity index (χ0) is 18.1. The zero-order valence-electron chi connectivity index (χ0n) is 13.8. The van der Waals surface area contributed by atoms with E-state index in [9.17, 15) is 18.4 Å². The Morgan fingerprint density at radius 1 is 1.24 bits per heavy atom. The van der Waals surface area contributed by atoms with Gasteiger partial charge in [-0.1, -0.05) is 35.5 Å². The summed E-state index contributed by atoms with van der Waals surface area (Å²) in [6, 6.07) is 11.9. The molecule has 1 aromatic rings. The lowest BCUT2D eigenvalue weighted by Gasteiger charge is -2.26. The Morgan fingerprint density at radius 2 is 1.92 bits per heavy atom. The van der Waals surface area contributed by atoms with Gasteiger partial charge in [0.25, 0.3) is 0 Å². The van der Waals surface area contributed by atoms with Crippen molar-refractivity contribution in [2.45, 2.75) is 50.1 Å². The second kappa shape index (κ2) is 9.71. The number of halogens is 3. The minimum Gasteiger partial charge on any atom is -0.391 e. The van der Waals surface area contributed by atoms with Gasteiger partial charge in [-0.3, -0.25) is 0 Å². The molecule has 2 rings (SSSR count). The lowest BCUT2D eigenvalue weighted by molar-refractivity contribution is -0.129. The summed E-state index contributed by atoms with van der Waals surface area (Å²) >= 11 is 1.12. The van der Waals surface area contributed by atoms with Crippen molar-refractivity contribution in [1.82, 2.24) is 0 Å². The SMILES string of the molecule is N#CC(SCCC(F)(F)F)C1CCC(=NOCc2ccccc2)CC1. The minimum absolute atomic E-state index is 0.0562. The van der Waals surface area contributed by atoms with Gasteiger partial charge in [-0.2, -0.15) is 18.4 Å². The van der Waals surface area contributed by atoms with Gasteiger partial charge in [0.05, 0.1) is 23.5 Å². The van der Waals surface area contributed by atoms with Crippen LogP contribution in [0.4, 0.5) is 13.2 Å². The summed E-state index contributed by atoms with van der Waals surface area (Å²) in [7, 11) is 0. The second-order valence-corrected chi connectivity index (χ2v) is 7.29. The third-order valence-electron chi connectivity index (χ3n) is 4.11. The molecule has 1 atom stereocenters. The summed E-state index contributed by atoms with van der Waals surface area (Å²) in [5.74, 6) is 0.0654. The maximum Gasteiger partial charge on any atom is 0.389 e. The molecule has 0 bridgehead atoms. The van der Waals surface area contributed by atoms with Crippen LogP contribution in [0.2, 0.25) is 0 Å². The van der Waals surface area contributed by atoms with Gasteiger partial charge in [0, 0.05) is 5.75 Å². The molecule has 0 aromatic heterocycles. The van der Waals surface area contributed by atoms with Crippen LogP contribution in [0.1, 0.15) is 37.7 Å². The lowest BCUT2D eigenvalue weighted by Crippen LogP contribution is -2.23. The Hall–Kier alpha value is -1.68. The molecule has 25 heavy (non-hydrogen) atoms. The highest BCUT2D eigenvalue weighted by Gasteiger charge is 2.30. The predicted octanol–water partition coefficient (Wildman–Crippen LogP) is 5.33. The minimum atomic E-state index is -4.16. The first-order chi connectivity index (χ1) is 12.0. The van der Waals surface area contributed by atoms with E-state index in [1.54, 1.807) is 0 Å². The van der Waals surface area contributed by atoms with Crippen LogP contribution in [0.15, 0.2) is 35.5 Å². The van der Waals surface area contributed by atoms with Gasteiger partial charge in [-0.15, -0.1) is 11.8 Å². The molecule has 136 valence electrons. The third-order valence-corrected chi connectivity index (χ3v) is 5.40. The zero-order valence-corrected chi connectivity index (χ0v) is 14.7. The molecule has 7 heteroatoms. The molecular formula is C18H21F3N2OS. The van der Waals surface area contributed by atoms with E-state index in [2.05, 4.69) is 11.2 Å². The molecule has 1 aliphatic carbocycles. The molecule has 0 spiro atoms. The fraction of sp³-hybridized carbons (Fsp3) is 0.556. The first kappa shape index (κ1) is 19.6. The van der Waals surface area contributed by atoms with Gasteiger partial charge in [-0.25, -0.2) is 0 Å². The van der Waals surface area contributed by atoms with Crippen molar-refractivity contribution in [3.05, 3.63) is 35.9 Å². The van der Waals surface area contributed by atoms with E-state index in [4.69, 9.17) is 4.84 Å². The largest absolute Gasteiger partial charge is 0.391 e. The first-order valence-corrected chi connectivity index (χ1v) is 9.32. The van der Waals surface area contributed by atoms with E-state index in [1.807, 2.05) is 30.3 Å². The molecule has 1 unspecified atom stereocenters. The predicted molar refractivity (Wildman–Crippen MR) is 93.2 cm³/mol. The number of benzene rings is 1. The van der Waals surface area contributed by atoms with Crippen LogP contribution >= 0.6 is 11.8 Å². The van der Waals surface area contributed by atoms with Crippen LogP contribution in [-0.2, 0) is 11.4 Å². The molecule has 0 N–H and O–H groups in total. The summed E-state index contributed by atoms with van der Waals surface area (Å²) in [5, 5.41) is 13.0. The lowest BCUT2D eigenvalue weighted by atomic mass is 9.86. The standard InChI is InChI=1S/C18H21F3N2OS/c19-18(20,21)10-11-25-17(12-22)15-6-8-16(9-7-15)23-24-13-14-4-2-1-3-5-14/h1-5,15,17H,6-11,13H2. The number of hydrogen-bond donors (Lipinski definition) is 0. The van der Waals surface area contributed by atoms with Crippen molar-refractivity contribution in [3.8, 4) is 6.07 Å². The highest BCUT2D eigenvalue weighted by Crippen LogP contribution is 2.33. The third kappa shape index (κ3) is 7.39. The van der Waals surface area contributed by atoms with Crippen LogP contribution < -0.4 is 0 Å². The van der Waals surface area contributed by atoms with Crippen LogP contribution in [0, 0.1) is 17.2 Å². The van der Waals surface area contributed by atoms with E-state index >= 15 is 0 Å². The summed E-state index contributed by atoms with van der Waals surface area (Å²) in [6.07, 6.45) is -2.00. The molecule has 1 aromatic carbocycles. The number of nitriles is 1. The number of nitrogens with zero attached hydrogens (tertiary/aromatic N) is 2. The maximum atomic E-state index is 12.2. The first-order valence-electron chi connectivity index (χ1n) is 8.27. The summed E-state index contributed by atoms with van der Waals surface area (Å²) in [4.78, 5) is 5.38. The number of rotatable bonds is 7. The molecule has 0 radical (unpaired) electrons. The highest BCUT2D eigenvalue weighted by atomic mass is 32.2. The van der Waals surface area contributed by atoms with Crippen molar-refractivity contribution in [2.75, 3.05) is 5.75 Å². The number of hydrogen-bond acceptors (Lipinski definition) is 4. The van der Waals surface area contributed by atoms with Crippen LogP contribution in [-0.4, -0.2) is 22.9 Å². The van der Waals surface area contributed by atoms with Gasteiger partial charge in [0.2, 0.25) is 0 Å². The number of alkyl halides is 3. The van der Waals surface area contributed by atoms with Gasteiger partial charge >= 0.3 is 6.18 Å². The smallest absolute Gasteiger partial charge is 0.389 e. The average molecular weight is 370 g/mol. The average Bonchev–Trinajstić information content (AvgIpc) is 2.60. The van der Waals surface area contributed by atoms with E-state index < -0.39 is 12.6 Å². The molecule has 1 fully saturated rings. The fourth-order valence-electron chi connectivity index (χ4n) is 2.72. The Bertz CT molecular complexity index is 589. The molecular weight excluding hydrogens is 349 g/mol. The van der Waals surface area contributed by atoms with Crippen molar-refractivity contribution >= 4 is 17.5 Å². The number of thioether (sulfide) groups is 1. The second-order valence-electron chi connectivity index (χ2n) is 6.04. The highest BCUT2D eigenvalue weighted by molar-refractivity contribution is 8.00. The fourth-order valence-corrected chi connectivity index (χ4v) is 3.94. The summed E-state index contributed by atoms with van der Waals surface area (Å²) in [5.41, 5.74) is 2.01. The Morgan fingerprint density at radius 3 is 2.52 bits per heavy atom. The Balaban J connectivity index is 1.72.